The van der Waals surface area contributed by atoms with Crippen molar-refractivity contribution >= 4 is 17.1 Å². The summed E-state index contributed by atoms with van der Waals surface area (Å²) in [6, 6.07) is 1.50. The van der Waals surface area contributed by atoms with E-state index in [9.17, 15) is 25.2 Å². The van der Waals surface area contributed by atoms with Crippen LogP contribution >= 0.6 is 0 Å². The molecule has 130 valence electrons. The molecule has 0 aromatic carbocycles. The number of aliphatic hydroxyl groups excluding tert-OH is 4. The molecule has 0 radical (unpaired) electrons. The van der Waals surface area contributed by atoms with Gasteiger partial charge in [-0.3, -0.25) is 9.36 Å². The van der Waals surface area contributed by atoms with E-state index in [1.54, 1.807) is 6.92 Å². The highest BCUT2D eigenvalue weighted by atomic mass is 16.6. The van der Waals surface area contributed by atoms with Gasteiger partial charge in [-0.2, -0.15) is 0 Å². The van der Waals surface area contributed by atoms with Crippen LogP contribution in [0.15, 0.2) is 12.4 Å². The number of aromatic nitrogens is 3. The topological polar surface area (TPSA) is 164 Å². The fourth-order valence-electron chi connectivity index (χ4n) is 2.82. The molecule has 3 heterocycles. The van der Waals surface area contributed by atoms with E-state index in [0.717, 1.165) is 0 Å². The van der Waals surface area contributed by atoms with Gasteiger partial charge in [0.15, 0.2) is 11.9 Å². The van der Waals surface area contributed by atoms with Gasteiger partial charge >= 0.3 is 0 Å². The monoisotopic (exact) mass is 338 g/mol. The molecule has 10 nitrogen and oxygen atoms in total. The number of hydrogen-bond acceptors (Lipinski definition) is 8. The van der Waals surface area contributed by atoms with Crippen molar-refractivity contribution in [3.63, 3.8) is 0 Å². The zero-order valence-corrected chi connectivity index (χ0v) is 12.8. The number of aryl methyl sites for hydroxylation is 1. The maximum atomic E-state index is 11.6. The number of primary amides is 1. The summed E-state index contributed by atoms with van der Waals surface area (Å²) in [7, 11) is 0. The first-order valence-corrected chi connectivity index (χ1v) is 7.29. The summed E-state index contributed by atoms with van der Waals surface area (Å²) in [5.74, 6) is -0.676. The van der Waals surface area contributed by atoms with Crippen molar-refractivity contribution in [3.8, 4) is 0 Å². The molecule has 1 aliphatic heterocycles. The second-order valence-corrected chi connectivity index (χ2v) is 5.72. The molecule has 0 saturated carbocycles. The molecule has 5 atom stereocenters. The number of nitrogens with zero attached hydrogens (tertiary/aromatic N) is 3. The average Bonchev–Trinajstić information content (AvgIpc) is 2.95. The molecule has 2 aromatic heterocycles. The Labute approximate surface area is 136 Å². The summed E-state index contributed by atoms with van der Waals surface area (Å²) in [5, 5.41) is 39.3. The van der Waals surface area contributed by atoms with Crippen molar-refractivity contribution in [3.05, 3.63) is 23.7 Å². The third-order valence-electron chi connectivity index (χ3n) is 4.06. The molecule has 6 N–H and O–H groups in total. The number of amides is 1. The van der Waals surface area contributed by atoms with Crippen LogP contribution in [0.25, 0.3) is 11.2 Å². The van der Waals surface area contributed by atoms with Crippen LogP contribution in [-0.2, 0) is 4.74 Å². The molecule has 1 saturated heterocycles. The number of carbonyl (C=O) groups is 1. The first-order chi connectivity index (χ1) is 11.3. The number of fused-ring (bicyclic) bond motifs is 1. The molecular weight excluding hydrogens is 320 g/mol. The van der Waals surface area contributed by atoms with Crippen molar-refractivity contribution in [2.24, 2.45) is 5.73 Å². The van der Waals surface area contributed by atoms with E-state index in [-0.39, 0.29) is 16.7 Å². The summed E-state index contributed by atoms with van der Waals surface area (Å²) in [6.45, 7) is 1.11. The molecule has 0 aliphatic carbocycles. The Balaban J connectivity index is 2.10. The summed E-state index contributed by atoms with van der Waals surface area (Å²) < 4.78 is 6.81. The van der Waals surface area contributed by atoms with Gasteiger partial charge in [0.1, 0.15) is 29.9 Å². The number of ether oxygens (including phenoxy) is 1. The van der Waals surface area contributed by atoms with Crippen molar-refractivity contribution in [1.82, 2.24) is 14.5 Å². The van der Waals surface area contributed by atoms with Gasteiger partial charge in [-0.15, -0.1) is 0 Å². The van der Waals surface area contributed by atoms with E-state index in [4.69, 9.17) is 10.5 Å². The average molecular weight is 338 g/mol. The van der Waals surface area contributed by atoms with Crippen LogP contribution in [0.3, 0.4) is 0 Å². The Kier molecular flexibility index (Phi) is 4.24. The van der Waals surface area contributed by atoms with E-state index in [0.29, 0.717) is 5.69 Å². The predicted octanol–water partition coefficient (Wildman–Crippen LogP) is -2.19. The molecule has 0 bridgehead atoms. The fourth-order valence-corrected chi connectivity index (χ4v) is 2.82. The lowest BCUT2D eigenvalue weighted by Gasteiger charge is -2.40. The highest BCUT2D eigenvalue weighted by Gasteiger charge is 2.44. The van der Waals surface area contributed by atoms with Crippen molar-refractivity contribution in [2.45, 2.75) is 37.6 Å². The molecule has 10 heteroatoms. The normalized spacial score (nSPS) is 30.6. The van der Waals surface area contributed by atoms with Gasteiger partial charge in [-0.05, 0) is 13.0 Å². The van der Waals surface area contributed by atoms with E-state index >= 15 is 0 Å². The number of rotatable bonds is 3. The molecule has 1 aliphatic rings. The van der Waals surface area contributed by atoms with Crippen LogP contribution in [-0.4, -0.2) is 71.9 Å². The smallest absolute Gasteiger partial charge is 0.251 e. The zero-order valence-electron chi connectivity index (χ0n) is 12.8. The molecule has 3 rings (SSSR count). The Morgan fingerprint density at radius 2 is 2.04 bits per heavy atom. The van der Waals surface area contributed by atoms with E-state index < -0.39 is 43.2 Å². The van der Waals surface area contributed by atoms with Crippen molar-refractivity contribution in [2.75, 3.05) is 6.61 Å². The number of nitrogens with two attached hydrogens (primary N) is 1. The summed E-state index contributed by atoms with van der Waals surface area (Å²) >= 11 is 0. The Bertz CT molecular complexity index is 776. The minimum absolute atomic E-state index is 0.167. The Morgan fingerprint density at radius 3 is 2.67 bits per heavy atom. The first-order valence-electron chi connectivity index (χ1n) is 7.29. The summed E-state index contributed by atoms with van der Waals surface area (Å²) in [6.07, 6.45) is -5.41. The van der Waals surface area contributed by atoms with E-state index in [1.165, 1.54) is 17.0 Å². The quantitative estimate of drug-likeness (QED) is 0.421. The van der Waals surface area contributed by atoms with Gasteiger partial charge in [0, 0.05) is 5.69 Å². The number of hydrogen-bond donors (Lipinski definition) is 5. The molecule has 0 unspecified atom stereocenters. The van der Waals surface area contributed by atoms with Crippen molar-refractivity contribution in [1.29, 1.82) is 0 Å². The van der Waals surface area contributed by atoms with Crippen molar-refractivity contribution < 1.29 is 30.0 Å². The minimum atomic E-state index is -1.53. The largest absolute Gasteiger partial charge is 0.394 e. The molecular formula is C14H18N4O6. The maximum Gasteiger partial charge on any atom is 0.251 e. The standard InChI is InChI=1S/C14H18N4O6/c1-5-2-6(12(15)23)8-13(17-5)18(4-16-8)14-11(22)10(21)9(20)7(3-19)24-14/h2,4,7,9-11,14,19-22H,3H2,1H3,(H2,15,23)/t7-,9-,10+,11-,14-/m1/s1. The highest BCUT2D eigenvalue weighted by Crippen LogP contribution is 2.31. The summed E-state index contributed by atoms with van der Waals surface area (Å²) in [5.41, 5.74) is 6.47. The Hall–Kier alpha value is -2.11. The third-order valence-corrected chi connectivity index (χ3v) is 4.06. The van der Waals surface area contributed by atoms with Crippen LogP contribution in [0.1, 0.15) is 22.3 Å². The van der Waals surface area contributed by atoms with Gasteiger partial charge in [0.25, 0.3) is 5.91 Å². The fraction of sp³-hybridized carbons (Fsp3) is 0.500. The predicted molar refractivity (Wildman–Crippen MR) is 79.8 cm³/mol. The molecule has 0 spiro atoms. The van der Waals surface area contributed by atoms with Crippen LogP contribution in [0.5, 0.6) is 0 Å². The van der Waals surface area contributed by atoms with Crippen LogP contribution < -0.4 is 5.73 Å². The second kappa shape index (κ2) is 6.07. The van der Waals surface area contributed by atoms with Gasteiger partial charge in [0.2, 0.25) is 0 Å². The SMILES string of the molecule is Cc1cc(C(N)=O)c2ncn([C@@H]3O[C@H](CO)[C@@H](O)[C@H](O)[C@H]3O)c2n1. The number of imidazole rings is 1. The van der Waals surface area contributed by atoms with Gasteiger partial charge in [-0.25, -0.2) is 9.97 Å². The molecule has 1 fully saturated rings. The van der Waals surface area contributed by atoms with Gasteiger partial charge in [0.05, 0.1) is 18.5 Å². The molecule has 1 amide bonds. The van der Waals surface area contributed by atoms with Crippen LogP contribution in [0.2, 0.25) is 0 Å². The van der Waals surface area contributed by atoms with Gasteiger partial charge in [-0.1, -0.05) is 0 Å². The van der Waals surface area contributed by atoms with E-state index in [1.807, 2.05) is 0 Å². The van der Waals surface area contributed by atoms with Crippen LogP contribution in [0, 0.1) is 6.92 Å². The third kappa shape index (κ3) is 2.54. The highest BCUT2D eigenvalue weighted by molar-refractivity contribution is 6.03. The summed E-state index contributed by atoms with van der Waals surface area (Å²) in [4.78, 5) is 19.9. The zero-order chi connectivity index (χ0) is 17.6. The number of carbonyl (C=O) groups excluding carboxylic acids is 1. The molecule has 2 aromatic rings. The second-order valence-electron chi connectivity index (χ2n) is 5.72. The molecule has 24 heavy (non-hydrogen) atoms. The number of pyridine rings is 1. The first kappa shape index (κ1) is 16.7. The lowest BCUT2D eigenvalue weighted by molar-refractivity contribution is -0.250. The Morgan fingerprint density at radius 1 is 1.33 bits per heavy atom. The number of aliphatic hydroxyl groups is 4. The lowest BCUT2D eigenvalue weighted by Crippen LogP contribution is -2.56. The maximum absolute atomic E-state index is 11.6. The lowest BCUT2D eigenvalue weighted by atomic mass is 9.98. The minimum Gasteiger partial charge on any atom is -0.394 e. The van der Waals surface area contributed by atoms with Gasteiger partial charge < -0.3 is 30.9 Å². The van der Waals surface area contributed by atoms with E-state index in [2.05, 4.69) is 9.97 Å². The van der Waals surface area contributed by atoms with Crippen LogP contribution in [0.4, 0.5) is 0 Å².